The zero-order chi connectivity index (χ0) is 15.0. The normalized spacial score (nSPS) is 16.0. The van der Waals surface area contributed by atoms with Gasteiger partial charge in [-0.2, -0.15) is 0 Å². The van der Waals surface area contributed by atoms with Gasteiger partial charge in [-0.15, -0.1) is 0 Å². The van der Waals surface area contributed by atoms with E-state index < -0.39 is 0 Å². The third kappa shape index (κ3) is 2.49. The average molecular weight is 286 g/mol. The Bertz CT molecular complexity index is 692. The van der Waals surface area contributed by atoms with Gasteiger partial charge in [-0.05, 0) is 32.0 Å². The van der Waals surface area contributed by atoms with Crippen LogP contribution in [-0.4, -0.2) is 57.3 Å². The molecule has 110 valence electrons. The molecule has 1 aliphatic rings. The zero-order valence-electron chi connectivity index (χ0n) is 12.2. The molecule has 0 saturated carbocycles. The van der Waals surface area contributed by atoms with Gasteiger partial charge < -0.3 is 14.8 Å². The van der Waals surface area contributed by atoms with E-state index in [1.165, 1.54) is 0 Å². The Balaban J connectivity index is 1.78. The van der Waals surface area contributed by atoms with E-state index in [1.54, 1.807) is 23.4 Å². The first kappa shape index (κ1) is 13.6. The predicted octanol–water partition coefficient (Wildman–Crippen LogP) is 1.26. The Morgan fingerprint density at radius 2 is 2.14 bits per heavy atom. The van der Waals surface area contributed by atoms with Crippen LogP contribution in [0, 0.1) is 0 Å². The van der Waals surface area contributed by atoms with E-state index in [-0.39, 0.29) is 24.4 Å². The van der Waals surface area contributed by atoms with E-state index in [9.17, 15) is 9.59 Å². The summed E-state index contributed by atoms with van der Waals surface area (Å²) >= 11 is 0. The van der Waals surface area contributed by atoms with Gasteiger partial charge in [-0.3, -0.25) is 9.59 Å². The molecule has 6 heteroatoms. The zero-order valence-corrected chi connectivity index (χ0v) is 12.2. The first-order valence-corrected chi connectivity index (χ1v) is 7.08. The molecule has 1 N–H and O–H groups in total. The van der Waals surface area contributed by atoms with Crippen molar-refractivity contribution < 1.29 is 9.59 Å². The molecule has 0 atom stereocenters. The molecule has 0 spiro atoms. The van der Waals surface area contributed by atoms with Crippen molar-refractivity contribution in [3.8, 4) is 0 Å². The molecule has 1 aromatic carbocycles. The lowest BCUT2D eigenvalue weighted by Crippen LogP contribution is -2.54. The largest absolute Gasteiger partial charge is 0.345 e. The molecule has 0 bridgehead atoms. The summed E-state index contributed by atoms with van der Waals surface area (Å²) in [5.74, 6) is -0.101. The highest BCUT2D eigenvalue weighted by atomic mass is 16.2. The number of benzene rings is 1. The van der Waals surface area contributed by atoms with Gasteiger partial charge >= 0.3 is 0 Å². The minimum absolute atomic E-state index is 0.00668. The number of carbonyl (C=O) groups excluding carboxylic acids is 2. The Morgan fingerprint density at radius 1 is 1.33 bits per heavy atom. The lowest BCUT2D eigenvalue weighted by atomic mass is 10.1. The number of nitrogens with zero attached hydrogens (tertiary/aromatic N) is 3. The highest BCUT2D eigenvalue weighted by molar-refractivity contribution is 5.99. The smallest absolute Gasteiger partial charge is 0.254 e. The van der Waals surface area contributed by atoms with E-state index in [1.807, 2.05) is 24.8 Å². The summed E-state index contributed by atoms with van der Waals surface area (Å²) in [6.45, 7) is 5.29. The van der Waals surface area contributed by atoms with Crippen LogP contribution in [0.25, 0.3) is 11.0 Å². The Kier molecular flexibility index (Phi) is 3.37. The van der Waals surface area contributed by atoms with Gasteiger partial charge in [0, 0.05) is 24.7 Å². The maximum atomic E-state index is 12.5. The van der Waals surface area contributed by atoms with E-state index in [0.29, 0.717) is 18.7 Å². The second kappa shape index (κ2) is 5.20. The number of hydrogen-bond donors (Lipinski definition) is 1. The summed E-state index contributed by atoms with van der Waals surface area (Å²) in [5.41, 5.74) is 2.23. The van der Waals surface area contributed by atoms with Crippen LogP contribution < -0.4 is 0 Å². The average Bonchev–Trinajstić information content (AvgIpc) is 2.93. The molecular weight excluding hydrogens is 268 g/mol. The van der Waals surface area contributed by atoms with Crippen molar-refractivity contribution in [3.63, 3.8) is 0 Å². The van der Waals surface area contributed by atoms with Gasteiger partial charge in [0.25, 0.3) is 5.91 Å². The molecule has 2 amide bonds. The molecule has 1 aromatic heterocycles. The number of nitrogens with one attached hydrogen (secondary N) is 1. The number of imidazole rings is 1. The molecule has 0 aliphatic carbocycles. The second-order valence-corrected chi connectivity index (χ2v) is 5.54. The fourth-order valence-electron chi connectivity index (χ4n) is 2.66. The number of aromatic nitrogens is 2. The first-order valence-electron chi connectivity index (χ1n) is 7.08. The predicted molar refractivity (Wildman–Crippen MR) is 78.8 cm³/mol. The van der Waals surface area contributed by atoms with Crippen LogP contribution >= 0.6 is 0 Å². The summed E-state index contributed by atoms with van der Waals surface area (Å²) in [4.78, 5) is 35.1. The molecule has 1 fully saturated rings. The molecule has 21 heavy (non-hydrogen) atoms. The molecule has 3 rings (SSSR count). The number of aromatic amines is 1. The summed E-state index contributed by atoms with van der Waals surface area (Å²) in [7, 11) is 0. The van der Waals surface area contributed by atoms with Crippen molar-refractivity contribution in [1.82, 2.24) is 19.8 Å². The third-order valence-corrected chi connectivity index (χ3v) is 3.84. The van der Waals surface area contributed by atoms with Crippen molar-refractivity contribution in [1.29, 1.82) is 0 Å². The molecule has 2 heterocycles. The first-order chi connectivity index (χ1) is 10.1. The minimum atomic E-state index is -0.108. The highest BCUT2D eigenvalue weighted by Gasteiger charge is 2.29. The summed E-state index contributed by atoms with van der Waals surface area (Å²) < 4.78 is 0. The number of fused-ring (bicyclic) bond motifs is 1. The topological polar surface area (TPSA) is 69.3 Å². The third-order valence-electron chi connectivity index (χ3n) is 3.84. The summed E-state index contributed by atoms with van der Waals surface area (Å²) in [6, 6.07) is 5.52. The van der Waals surface area contributed by atoms with Gasteiger partial charge in [0.05, 0.1) is 17.4 Å². The minimum Gasteiger partial charge on any atom is -0.345 e. The van der Waals surface area contributed by atoms with E-state index in [0.717, 1.165) is 11.0 Å². The van der Waals surface area contributed by atoms with E-state index in [4.69, 9.17) is 0 Å². The fraction of sp³-hybridized carbons (Fsp3) is 0.400. The maximum absolute atomic E-state index is 12.5. The van der Waals surface area contributed by atoms with Crippen molar-refractivity contribution >= 4 is 22.8 Å². The Labute approximate surface area is 122 Å². The van der Waals surface area contributed by atoms with E-state index in [2.05, 4.69) is 9.97 Å². The molecule has 0 radical (unpaired) electrons. The molecular formula is C15H18N4O2. The Morgan fingerprint density at radius 3 is 2.86 bits per heavy atom. The number of hydrogen-bond acceptors (Lipinski definition) is 3. The number of carbonyl (C=O) groups is 2. The van der Waals surface area contributed by atoms with Gasteiger partial charge in [0.2, 0.25) is 5.91 Å². The fourth-order valence-corrected chi connectivity index (χ4v) is 2.66. The second-order valence-electron chi connectivity index (χ2n) is 5.54. The van der Waals surface area contributed by atoms with Crippen LogP contribution in [0.5, 0.6) is 0 Å². The quantitative estimate of drug-likeness (QED) is 0.903. The Hall–Kier alpha value is -2.37. The molecule has 1 saturated heterocycles. The van der Waals surface area contributed by atoms with Crippen LogP contribution in [0.1, 0.15) is 24.2 Å². The number of H-pyrrole nitrogens is 1. The number of amides is 2. The van der Waals surface area contributed by atoms with Gasteiger partial charge in [-0.1, -0.05) is 0 Å². The lowest BCUT2D eigenvalue weighted by Gasteiger charge is -2.36. The monoisotopic (exact) mass is 286 g/mol. The molecule has 1 aliphatic heterocycles. The molecule has 6 nitrogen and oxygen atoms in total. The van der Waals surface area contributed by atoms with Crippen LogP contribution in [0.15, 0.2) is 24.5 Å². The summed E-state index contributed by atoms with van der Waals surface area (Å²) in [6.07, 6.45) is 1.60. The van der Waals surface area contributed by atoms with Crippen molar-refractivity contribution in [2.24, 2.45) is 0 Å². The number of rotatable bonds is 2. The van der Waals surface area contributed by atoms with Crippen LogP contribution in [0.3, 0.4) is 0 Å². The van der Waals surface area contributed by atoms with Gasteiger partial charge in [0.1, 0.15) is 6.54 Å². The SMILES string of the molecule is CC(C)N1CCN(C(=O)c2ccc3nc[nH]c3c2)CC1=O. The van der Waals surface area contributed by atoms with Gasteiger partial charge in [0.15, 0.2) is 0 Å². The molecule has 0 unspecified atom stereocenters. The highest BCUT2D eigenvalue weighted by Crippen LogP contribution is 2.15. The molecule has 2 aromatic rings. The maximum Gasteiger partial charge on any atom is 0.254 e. The lowest BCUT2D eigenvalue weighted by molar-refractivity contribution is -0.136. The van der Waals surface area contributed by atoms with Crippen molar-refractivity contribution in [2.45, 2.75) is 19.9 Å². The van der Waals surface area contributed by atoms with Gasteiger partial charge in [-0.25, -0.2) is 4.98 Å². The van der Waals surface area contributed by atoms with Crippen LogP contribution in [0.4, 0.5) is 0 Å². The van der Waals surface area contributed by atoms with Crippen LogP contribution in [0.2, 0.25) is 0 Å². The van der Waals surface area contributed by atoms with Crippen LogP contribution in [-0.2, 0) is 4.79 Å². The van der Waals surface area contributed by atoms with Crippen molar-refractivity contribution in [2.75, 3.05) is 19.6 Å². The summed E-state index contributed by atoms with van der Waals surface area (Å²) in [5, 5.41) is 0. The standard InChI is InChI=1S/C15H18N4O2/c1-10(2)19-6-5-18(8-14(19)20)15(21)11-3-4-12-13(7-11)17-9-16-12/h3-4,7,9-10H,5-6,8H2,1-2H3,(H,16,17). The van der Waals surface area contributed by atoms with Crippen molar-refractivity contribution in [3.05, 3.63) is 30.1 Å². The van der Waals surface area contributed by atoms with E-state index >= 15 is 0 Å². The number of piperazine rings is 1.